The Balaban J connectivity index is 1.41. The van der Waals surface area contributed by atoms with E-state index in [1.807, 2.05) is 6.92 Å². The molecule has 3 atom stereocenters. The first-order valence-corrected chi connectivity index (χ1v) is 16.9. The zero-order valence-electron chi connectivity index (χ0n) is 28.3. The van der Waals surface area contributed by atoms with Crippen molar-refractivity contribution in [2.24, 2.45) is 21.7 Å². The minimum Gasteiger partial charge on any atom is -0.388 e. The van der Waals surface area contributed by atoms with Crippen LogP contribution in [0.2, 0.25) is 0 Å². The first-order chi connectivity index (χ1) is 21.7. The third-order valence-electron chi connectivity index (χ3n) is 9.76. The molecule has 12 nitrogen and oxygen atoms in total. The molecular formula is C33H62O12. The molecule has 3 saturated heterocycles. The number of rotatable bonds is 28. The average molecular weight is 651 g/mol. The lowest BCUT2D eigenvalue weighted by Gasteiger charge is -2.40. The Bertz CT molecular complexity index is 671. The quantitative estimate of drug-likeness (QED) is 0.114. The van der Waals surface area contributed by atoms with E-state index in [0.717, 1.165) is 19.3 Å². The molecule has 0 spiro atoms. The summed E-state index contributed by atoms with van der Waals surface area (Å²) in [5.41, 5.74) is -0.375. The fourth-order valence-corrected chi connectivity index (χ4v) is 5.39. The highest BCUT2D eigenvalue weighted by Gasteiger charge is 2.39. The van der Waals surface area contributed by atoms with Crippen LogP contribution in [0.3, 0.4) is 0 Å². The second kappa shape index (κ2) is 19.5. The van der Waals surface area contributed by atoms with Crippen molar-refractivity contribution in [3.05, 3.63) is 0 Å². The van der Waals surface area contributed by atoms with Gasteiger partial charge in [-0.15, -0.1) is 0 Å². The van der Waals surface area contributed by atoms with Crippen molar-refractivity contribution >= 4 is 0 Å². The zero-order valence-corrected chi connectivity index (χ0v) is 28.3. The maximum atomic E-state index is 10.5. The van der Waals surface area contributed by atoms with E-state index in [2.05, 4.69) is 20.8 Å². The van der Waals surface area contributed by atoms with Gasteiger partial charge in [0.25, 0.3) is 0 Å². The minimum atomic E-state index is -0.769. The molecule has 0 amide bonds. The Morgan fingerprint density at radius 1 is 0.489 bits per heavy atom. The molecule has 0 aliphatic carbocycles. The van der Waals surface area contributed by atoms with Gasteiger partial charge >= 0.3 is 0 Å². The molecule has 0 radical (unpaired) electrons. The highest BCUT2D eigenvalue weighted by Crippen LogP contribution is 2.33. The lowest BCUT2D eigenvalue weighted by atomic mass is 9.84. The van der Waals surface area contributed by atoms with Gasteiger partial charge in [0, 0.05) is 21.7 Å². The van der Waals surface area contributed by atoms with Crippen LogP contribution in [-0.4, -0.2) is 153 Å². The molecule has 3 N–H and O–H groups in total. The van der Waals surface area contributed by atoms with E-state index < -0.39 is 23.7 Å². The van der Waals surface area contributed by atoms with Crippen molar-refractivity contribution in [3.8, 4) is 0 Å². The van der Waals surface area contributed by atoms with E-state index in [4.69, 9.17) is 42.6 Å². The van der Waals surface area contributed by atoms with Crippen LogP contribution in [-0.2, 0) is 42.6 Å². The first-order valence-electron chi connectivity index (χ1n) is 16.9. The number of aliphatic hydroxyl groups excluding tert-OH is 3. The zero-order chi connectivity index (χ0) is 32.7. The van der Waals surface area contributed by atoms with Crippen LogP contribution in [0.25, 0.3) is 0 Å². The Morgan fingerprint density at radius 2 is 0.756 bits per heavy atom. The topological polar surface area (TPSA) is 144 Å². The largest absolute Gasteiger partial charge is 0.388 e. The lowest BCUT2D eigenvalue weighted by Crippen LogP contribution is -2.46. The average Bonchev–Trinajstić information content (AvgIpc) is 2.97. The summed E-state index contributed by atoms with van der Waals surface area (Å²) in [5.74, 6) is 0. The van der Waals surface area contributed by atoms with E-state index in [9.17, 15) is 15.3 Å². The van der Waals surface area contributed by atoms with Gasteiger partial charge in [0.05, 0.1) is 119 Å². The van der Waals surface area contributed by atoms with E-state index in [0.29, 0.717) is 65.9 Å². The van der Waals surface area contributed by atoms with Crippen LogP contribution in [0.5, 0.6) is 0 Å². The lowest BCUT2D eigenvalue weighted by molar-refractivity contribution is -0.162. The smallest absolute Gasteiger partial charge is 0.101 e. The van der Waals surface area contributed by atoms with Crippen LogP contribution < -0.4 is 0 Å². The predicted octanol–water partition coefficient (Wildman–Crippen LogP) is 1.84. The molecule has 0 bridgehead atoms. The molecule has 0 aromatic carbocycles. The Labute approximate surface area is 270 Å². The molecule has 0 aromatic rings. The fraction of sp³-hybridized carbons (Fsp3) is 1.00. The molecule has 3 aliphatic rings. The van der Waals surface area contributed by atoms with Gasteiger partial charge in [-0.2, -0.15) is 0 Å². The van der Waals surface area contributed by atoms with Crippen molar-refractivity contribution in [1.82, 2.24) is 0 Å². The van der Waals surface area contributed by atoms with Gasteiger partial charge in [-0.3, -0.25) is 0 Å². The van der Waals surface area contributed by atoms with Crippen LogP contribution in [0, 0.1) is 21.7 Å². The molecule has 12 heteroatoms. The summed E-state index contributed by atoms with van der Waals surface area (Å²) in [4.78, 5) is 0. The monoisotopic (exact) mass is 650 g/mol. The van der Waals surface area contributed by atoms with Crippen LogP contribution in [0.4, 0.5) is 0 Å². The van der Waals surface area contributed by atoms with Crippen LogP contribution in [0.1, 0.15) is 53.4 Å². The van der Waals surface area contributed by atoms with Gasteiger partial charge in [-0.1, -0.05) is 27.7 Å². The van der Waals surface area contributed by atoms with Crippen molar-refractivity contribution in [2.45, 2.75) is 71.7 Å². The molecule has 3 aliphatic heterocycles. The summed E-state index contributed by atoms with van der Waals surface area (Å²) >= 11 is 0. The minimum absolute atomic E-state index is 0.0594. The molecule has 3 unspecified atom stereocenters. The SMILES string of the molecule is CCC(COCC(O)COCC1(CC)COC1)(COCC(O)COCC1(CC)COC1)COCC(O)COCC1(CC)COC1. The van der Waals surface area contributed by atoms with Gasteiger partial charge in [0.15, 0.2) is 0 Å². The van der Waals surface area contributed by atoms with Gasteiger partial charge in [-0.05, 0) is 25.7 Å². The third kappa shape index (κ3) is 12.5. The van der Waals surface area contributed by atoms with E-state index in [1.165, 1.54) is 0 Å². The van der Waals surface area contributed by atoms with Crippen molar-refractivity contribution < 1.29 is 58.0 Å². The number of hydrogen-bond donors (Lipinski definition) is 3. The summed E-state index contributed by atoms with van der Waals surface area (Å²) in [6.45, 7) is 15.9. The summed E-state index contributed by atoms with van der Waals surface area (Å²) in [5, 5.41) is 31.4. The summed E-state index contributed by atoms with van der Waals surface area (Å²) in [6.07, 6.45) is 1.28. The van der Waals surface area contributed by atoms with Crippen molar-refractivity contribution in [3.63, 3.8) is 0 Å². The normalized spacial score (nSPS) is 23.3. The second-order valence-corrected chi connectivity index (χ2v) is 13.9. The number of hydrogen-bond acceptors (Lipinski definition) is 12. The number of ether oxygens (including phenoxy) is 9. The standard InChI is InChI=1S/C33H62O12/c1-5-30(15-37-9-27(34)12-40-18-31(6-2)21-43-22-31,16-38-10-28(35)13-41-19-32(7-3)23-44-24-32)17-39-11-29(36)14-42-20-33(8-4)25-45-26-33/h27-29,34-36H,5-26H2,1-4H3. The Kier molecular flexibility index (Phi) is 16.9. The molecule has 0 saturated carbocycles. The first kappa shape index (κ1) is 39.0. The fourth-order valence-electron chi connectivity index (χ4n) is 5.39. The van der Waals surface area contributed by atoms with Crippen LogP contribution >= 0.6 is 0 Å². The molecule has 0 aromatic heterocycles. The van der Waals surface area contributed by atoms with Crippen molar-refractivity contribution in [2.75, 3.05) is 119 Å². The van der Waals surface area contributed by atoms with Gasteiger partial charge < -0.3 is 58.0 Å². The molecular weight excluding hydrogens is 588 g/mol. The summed E-state index contributed by atoms with van der Waals surface area (Å²) in [6, 6.07) is 0. The van der Waals surface area contributed by atoms with Gasteiger partial charge in [0.2, 0.25) is 0 Å². The third-order valence-corrected chi connectivity index (χ3v) is 9.76. The molecule has 45 heavy (non-hydrogen) atoms. The maximum absolute atomic E-state index is 10.5. The summed E-state index contributed by atoms with van der Waals surface area (Å²) < 4.78 is 51.3. The molecule has 3 heterocycles. The Hall–Kier alpha value is -0.480. The maximum Gasteiger partial charge on any atom is 0.101 e. The van der Waals surface area contributed by atoms with Gasteiger partial charge in [-0.25, -0.2) is 0 Å². The van der Waals surface area contributed by atoms with Gasteiger partial charge in [0.1, 0.15) is 18.3 Å². The summed E-state index contributed by atoms with van der Waals surface area (Å²) in [7, 11) is 0. The van der Waals surface area contributed by atoms with Crippen molar-refractivity contribution in [1.29, 1.82) is 0 Å². The molecule has 266 valence electrons. The van der Waals surface area contributed by atoms with Crippen LogP contribution in [0.15, 0.2) is 0 Å². The van der Waals surface area contributed by atoms with E-state index >= 15 is 0 Å². The van der Waals surface area contributed by atoms with E-state index in [1.54, 1.807) is 0 Å². The highest BCUT2D eigenvalue weighted by molar-refractivity contribution is 4.86. The predicted molar refractivity (Wildman–Crippen MR) is 166 cm³/mol. The highest BCUT2D eigenvalue weighted by atomic mass is 16.5. The van der Waals surface area contributed by atoms with E-state index in [-0.39, 0.29) is 75.7 Å². The molecule has 3 fully saturated rings. The second-order valence-electron chi connectivity index (χ2n) is 13.9. The number of aliphatic hydroxyl groups is 3. The molecule has 3 rings (SSSR count). The Morgan fingerprint density at radius 3 is 0.956 bits per heavy atom.